The third-order valence-electron chi connectivity index (χ3n) is 9.77. The molecule has 0 saturated heterocycles. The van der Waals surface area contributed by atoms with Crippen LogP contribution in [0.25, 0.3) is 0 Å². The molecule has 12 atom stereocenters. The topological polar surface area (TPSA) is 159 Å². The molecule has 0 heterocycles. The van der Waals surface area contributed by atoms with Crippen molar-refractivity contribution in [2.45, 2.75) is 118 Å². The minimum atomic E-state index is -1.01. The summed E-state index contributed by atoms with van der Waals surface area (Å²) in [5.74, 6) is -2.26. The molecule has 2 rings (SSSR count). The van der Waals surface area contributed by atoms with Gasteiger partial charge in [0, 0.05) is 29.2 Å². The van der Waals surface area contributed by atoms with E-state index in [4.69, 9.17) is 0 Å². The number of aliphatic hydroxyl groups excluding tert-OH is 6. The second kappa shape index (κ2) is 14.1. The van der Waals surface area contributed by atoms with Gasteiger partial charge in [-0.3, -0.25) is 0 Å². The van der Waals surface area contributed by atoms with Gasteiger partial charge in [0.25, 0.3) is 0 Å². The van der Waals surface area contributed by atoms with Crippen molar-refractivity contribution >= 4 is 5.97 Å². The summed E-state index contributed by atoms with van der Waals surface area (Å²) < 4.78 is 0. The lowest BCUT2D eigenvalue weighted by molar-refractivity contribution is -0.132. The Morgan fingerprint density at radius 2 is 1.68 bits per heavy atom. The molecule has 0 amide bonds. The zero-order valence-electron chi connectivity index (χ0n) is 25.5. The zero-order valence-corrected chi connectivity index (χ0v) is 25.5. The Bertz CT molecular complexity index is 955. The van der Waals surface area contributed by atoms with Gasteiger partial charge < -0.3 is 35.7 Å². The molecule has 8 heteroatoms. The molecular formula is C32H54O8. The maximum Gasteiger partial charge on any atom is 0.330 e. The summed E-state index contributed by atoms with van der Waals surface area (Å²) >= 11 is 0. The van der Waals surface area contributed by atoms with Crippen molar-refractivity contribution in [3.63, 3.8) is 0 Å². The Morgan fingerprint density at radius 1 is 1.07 bits per heavy atom. The van der Waals surface area contributed by atoms with Gasteiger partial charge in [0.2, 0.25) is 0 Å². The molecule has 2 aliphatic carbocycles. The predicted molar refractivity (Wildman–Crippen MR) is 155 cm³/mol. The molecule has 0 spiro atoms. The minimum Gasteiger partial charge on any atom is -0.478 e. The average Bonchev–Trinajstić information content (AvgIpc) is 2.84. The van der Waals surface area contributed by atoms with Gasteiger partial charge in [-0.1, -0.05) is 64.0 Å². The fraction of sp³-hybridized carbons (Fsp3) is 0.781. The van der Waals surface area contributed by atoms with Gasteiger partial charge in [0.15, 0.2) is 0 Å². The van der Waals surface area contributed by atoms with Crippen LogP contribution in [0.15, 0.2) is 34.9 Å². The maximum absolute atomic E-state index is 11.8. The average molecular weight is 567 g/mol. The van der Waals surface area contributed by atoms with Gasteiger partial charge in [-0.05, 0) is 63.7 Å². The van der Waals surface area contributed by atoms with E-state index in [0.717, 1.165) is 11.1 Å². The largest absolute Gasteiger partial charge is 0.478 e. The van der Waals surface area contributed by atoms with Crippen LogP contribution in [0.4, 0.5) is 0 Å². The first kappa shape index (κ1) is 34.7. The molecule has 0 radical (unpaired) electrons. The first-order valence-electron chi connectivity index (χ1n) is 14.8. The number of aliphatic hydroxyl groups is 6. The summed E-state index contributed by atoms with van der Waals surface area (Å²) in [7, 11) is 0. The molecule has 1 unspecified atom stereocenters. The monoisotopic (exact) mass is 566 g/mol. The van der Waals surface area contributed by atoms with Gasteiger partial charge in [-0.15, -0.1) is 0 Å². The van der Waals surface area contributed by atoms with E-state index in [9.17, 15) is 40.5 Å². The molecular weight excluding hydrogens is 512 g/mol. The molecule has 0 aliphatic heterocycles. The summed E-state index contributed by atoms with van der Waals surface area (Å²) in [4.78, 5) is 11.8. The summed E-state index contributed by atoms with van der Waals surface area (Å²) in [6.07, 6.45) is 1.60. The van der Waals surface area contributed by atoms with Crippen molar-refractivity contribution in [1.29, 1.82) is 0 Å². The Labute approximate surface area is 240 Å². The Morgan fingerprint density at radius 3 is 2.23 bits per heavy atom. The van der Waals surface area contributed by atoms with E-state index < -0.39 is 53.9 Å². The third-order valence-corrected chi connectivity index (χ3v) is 9.77. The molecule has 1 saturated carbocycles. The standard InChI is InChI=1S/C32H54O8/c1-16(2)30(38)21(7)25(35)13-23(34)12-22(33)10-9-17(3)28-19(5)15-32(8)27(37)14-26(36)20(6)29(32)24(28)11-18(4)31(39)40/h9,11,15-16,20-30,33-38H,10,12-14H2,1-8H3,(H,39,40)/b17-9+,18-11+/t20-,21?,22-,23+,24-,25+,26+,27-,28+,29+,30+,32+/m1/s1. The maximum atomic E-state index is 11.8. The van der Waals surface area contributed by atoms with E-state index in [1.807, 2.05) is 47.6 Å². The van der Waals surface area contributed by atoms with Gasteiger partial charge in [-0.2, -0.15) is 0 Å². The van der Waals surface area contributed by atoms with E-state index in [0.29, 0.717) is 0 Å². The quantitative estimate of drug-likeness (QED) is 0.140. The van der Waals surface area contributed by atoms with Crippen molar-refractivity contribution < 1.29 is 40.5 Å². The first-order valence-corrected chi connectivity index (χ1v) is 14.8. The number of hydrogen-bond donors (Lipinski definition) is 7. The van der Waals surface area contributed by atoms with Crippen molar-refractivity contribution in [1.82, 2.24) is 0 Å². The summed E-state index contributed by atoms with van der Waals surface area (Å²) in [5, 5.41) is 73.3. The van der Waals surface area contributed by atoms with Crippen LogP contribution >= 0.6 is 0 Å². The minimum absolute atomic E-state index is 0.0169. The van der Waals surface area contributed by atoms with Crippen molar-refractivity contribution in [3.8, 4) is 0 Å². The number of carboxylic acids is 1. The van der Waals surface area contributed by atoms with E-state index in [1.165, 1.54) is 0 Å². The predicted octanol–water partition coefficient (Wildman–Crippen LogP) is 3.45. The highest BCUT2D eigenvalue weighted by molar-refractivity contribution is 5.85. The van der Waals surface area contributed by atoms with E-state index in [1.54, 1.807) is 19.9 Å². The fourth-order valence-electron chi connectivity index (χ4n) is 7.28. The third kappa shape index (κ3) is 7.84. The lowest BCUT2D eigenvalue weighted by Crippen LogP contribution is -2.56. The number of fused-ring (bicyclic) bond motifs is 1. The SMILES string of the molecule is CC1=C[C@]2(C)[C@@H]([C@H](C)[C@@H](O)C[C@H]2O)[C@H](/C=C(\C)C(=O)O)[C@H]1/C(C)=C/C[C@@H](O)C[C@H](O)C[C@H](O)C(C)[C@@H](O)C(C)C. The van der Waals surface area contributed by atoms with Crippen LogP contribution in [-0.2, 0) is 4.79 Å². The second-order valence-corrected chi connectivity index (χ2v) is 13.3. The zero-order chi connectivity index (χ0) is 30.7. The fourth-order valence-corrected chi connectivity index (χ4v) is 7.28. The van der Waals surface area contributed by atoms with E-state index in [2.05, 4.69) is 6.08 Å². The van der Waals surface area contributed by atoms with Crippen LogP contribution in [0.3, 0.4) is 0 Å². The first-order chi connectivity index (χ1) is 18.4. The summed E-state index contributed by atoms with van der Waals surface area (Å²) in [5.41, 5.74) is 1.54. The molecule has 0 bridgehead atoms. The van der Waals surface area contributed by atoms with Crippen LogP contribution in [0, 0.1) is 40.9 Å². The van der Waals surface area contributed by atoms with E-state index >= 15 is 0 Å². The Balaban J connectivity index is 2.26. The summed E-state index contributed by atoms with van der Waals surface area (Å²) in [6, 6.07) is 0. The lowest BCUT2D eigenvalue weighted by atomic mass is 9.50. The molecule has 0 aromatic heterocycles. The molecule has 0 aromatic carbocycles. The van der Waals surface area contributed by atoms with Crippen LogP contribution in [0.1, 0.15) is 81.1 Å². The second-order valence-electron chi connectivity index (χ2n) is 13.3. The van der Waals surface area contributed by atoms with Crippen LogP contribution in [0.2, 0.25) is 0 Å². The smallest absolute Gasteiger partial charge is 0.330 e. The van der Waals surface area contributed by atoms with Gasteiger partial charge in [0.1, 0.15) is 0 Å². The summed E-state index contributed by atoms with van der Waals surface area (Å²) in [6.45, 7) is 14.9. The van der Waals surface area contributed by atoms with Crippen molar-refractivity contribution in [3.05, 3.63) is 34.9 Å². The van der Waals surface area contributed by atoms with Gasteiger partial charge >= 0.3 is 5.97 Å². The molecule has 2 aliphatic rings. The highest BCUT2D eigenvalue weighted by Crippen LogP contribution is 2.57. The number of rotatable bonds is 12. The molecule has 1 fully saturated rings. The molecule has 230 valence electrons. The van der Waals surface area contributed by atoms with Crippen LogP contribution < -0.4 is 0 Å². The van der Waals surface area contributed by atoms with Crippen LogP contribution in [0.5, 0.6) is 0 Å². The normalized spacial score (nSPS) is 35.4. The highest BCUT2D eigenvalue weighted by atomic mass is 16.4. The number of hydrogen-bond acceptors (Lipinski definition) is 7. The number of carboxylic acid groups (broad SMARTS) is 1. The Kier molecular flexibility index (Phi) is 12.2. The van der Waals surface area contributed by atoms with Gasteiger partial charge in [0.05, 0.1) is 36.6 Å². The Hall–Kier alpha value is -1.55. The molecule has 7 N–H and O–H groups in total. The molecule has 40 heavy (non-hydrogen) atoms. The number of carbonyl (C=O) groups is 1. The van der Waals surface area contributed by atoms with Crippen molar-refractivity contribution in [2.75, 3.05) is 0 Å². The highest BCUT2D eigenvalue weighted by Gasteiger charge is 2.55. The number of allylic oxidation sites excluding steroid dienone is 3. The van der Waals surface area contributed by atoms with E-state index in [-0.39, 0.29) is 60.8 Å². The number of aliphatic carboxylic acids is 1. The lowest BCUT2D eigenvalue weighted by Gasteiger charge is -2.56. The van der Waals surface area contributed by atoms with Crippen LogP contribution in [-0.4, -0.2) is 78.3 Å². The van der Waals surface area contributed by atoms with Gasteiger partial charge in [-0.25, -0.2) is 4.79 Å². The van der Waals surface area contributed by atoms with Crippen molar-refractivity contribution in [2.24, 2.45) is 40.9 Å². The molecule has 0 aromatic rings. The molecule has 8 nitrogen and oxygen atoms in total.